The molecule has 96 valence electrons. The van der Waals surface area contributed by atoms with Crippen LogP contribution >= 0.6 is 11.8 Å². The van der Waals surface area contributed by atoms with E-state index in [4.69, 9.17) is 4.74 Å². The fourth-order valence-corrected chi connectivity index (χ4v) is 1.97. The van der Waals surface area contributed by atoms with Crippen LogP contribution in [0.2, 0.25) is 0 Å². The van der Waals surface area contributed by atoms with Crippen LogP contribution in [0.25, 0.3) is 0 Å². The predicted molar refractivity (Wildman–Crippen MR) is 75.6 cm³/mol. The zero-order valence-electron chi connectivity index (χ0n) is 11.3. The maximum absolute atomic E-state index is 5.54. The molecule has 0 unspecified atom stereocenters. The van der Waals surface area contributed by atoms with Gasteiger partial charge in [-0.3, -0.25) is 4.90 Å². The Morgan fingerprint density at radius 1 is 1.24 bits per heavy atom. The Bertz CT molecular complexity index is 311. The molecule has 0 bridgehead atoms. The van der Waals surface area contributed by atoms with Gasteiger partial charge in [-0.05, 0) is 44.8 Å². The second-order valence-electron chi connectivity index (χ2n) is 4.51. The van der Waals surface area contributed by atoms with Gasteiger partial charge in [0.1, 0.15) is 0 Å². The van der Waals surface area contributed by atoms with Gasteiger partial charge in [0.15, 0.2) is 0 Å². The summed E-state index contributed by atoms with van der Waals surface area (Å²) in [5.41, 5.74) is 1.36. The summed E-state index contributed by atoms with van der Waals surface area (Å²) >= 11 is 1.78. The van der Waals surface area contributed by atoms with Crippen molar-refractivity contribution in [1.29, 1.82) is 0 Å². The van der Waals surface area contributed by atoms with Gasteiger partial charge in [0, 0.05) is 18.0 Å². The van der Waals surface area contributed by atoms with Gasteiger partial charge >= 0.3 is 0 Å². The third-order valence-corrected chi connectivity index (χ3v) is 3.28. The highest BCUT2D eigenvalue weighted by Crippen LogP contribution is 2.15. The van der Waals surface area contributed by atoms with E-state index in [1.807, 2.05) is 0 Å². The number of hydrogen-bond acceptors (Lipinski definition) is 3. The van der Waals surface area contributed by atoms with Crippen LogP contribution in [0.15, 0.2) is 29.2 Å². The molecule has 0 radical (unpaired) electrons. The van der Waals surface area contributed by atoms with E-state index in [0.717, 1.165) is 19.7 Å². The van der Waals surface area contributed by atoms with E-state index >= 15 is 0 Å². The van der Waals surface area contributed by atoms with Crippen LogP contribution < -0.4 is 0 Å². The van der Waals surface area contributed by atoms with E-state index in [-0.39, 0.29) is 0 Å². The van der Waals surface area contributed by atoms with Gasteiger partial charge in [0.05, 0.1) is 12.7 Å². The number of hydrogen-bond donors (Lipinski definition) is 0. The molecule has 0 amide bonds. The largest absolute Gasteiger partial charge is 0.377 e. The molecule has 17 heavy (non-hydrogen) atoms. The fraction of sp³-hybridized carbons (Fsp3) is 0.571. The molecule has 3 heteroatoms. The van der Waals surface area contributed by atoms with Crippen LogP contribution in [0.4, 0.5) is 0 Å². The van der Waals surface area contributed by atoms with Gasteiger partial charge in [-0.25, -0.2) is 0 Å². The van der Waals surface area contributed by atoms with Gasteiger partial charge in [0.25, 0.3) is 0 Å². The number of benzene rings is 1. The molecule has 0 aliphatic heterocycles. The van der Waals surface area contributed by atoms with E-state index in [1.165, 1.54) is 10.5 Å². The van der Waals surface area contributed by atoms with Crippen LogP contribution in [0.5, 0.6) is 0 Å². The Morgan fingerprint density at radius 3 is 2.41 bits per heavy atom. The Hall–Kier alpha value is -0.510. The first-order chi connectivity index (χ1) is 8.11. The third-order valence-electron chi connectivity index (χ3n) is 2.54. The Labute approximate surface area is 109 Å². The normalized spacial score (nSPS) is 11.4. The monoisotopic (exact) mass is 253 g/mol. The quantitative estimate of drug-likeness (QED) is 0.692. The topological polar surface area (TPSA) is 12.5 Å². The van der Waals surface area contributed by atoms with Crippen LogP contribution in [0, 0.1) is 0 Å². The van der Waals surface area contributed by atoms with E-state index in [9.17, 15) is 0 Å². The van der Waals surface area contributed by atoms with Crippen LogP contribution in [0.3, 0.4) is 0 Å². The molecule has 0 aliphatic carbocycles. The summed E-state index contributed by atoms with van der Waals surface area (Å²) in [5, 5.41) is 0. The number of likely N-dealkylation sites (N-methyl/N-ethyl adjacent to an activating group) is 1. The van der Waals surface area contributed by atoms with Gasteiger partial charge in [-0.2, -0.15) is 0 Å². The Morgan fingerprint density at radius 2 is 1.88 bits per heavy atom. The average Bonchev–Trinajstić information content (AvgIpc) is 2.29. The molecule has 0 heterocycles. The van der Waals surface area contributed by atoms with Crippen molar-refractivity contribution in [2.24, 2.45) is 0 Å². The summed E-state index contributed by atoms with van der Waals surface area (Å²) < 4.78 is 5.54. The van der Waals surface area contributed by atoms with Crippen molar-refractivity contribution in [2.45, 2.75) is 31.4 Å². The molecule has 0 aliphatic rings. The first kappa shape index (κ1) is 14.6. The predicted octanol–water partition coefficient (Wildman–Crippen LogP) is 3.27. The van der Waals surface area contributed by atoms with Crippen molar-refractivity contribution < 1.29 is 4.74 Å². The molecular formula is C14H23NOS. The molecule has 0 N–H and O–H groups in total. The van der Waals surface area contributed by atoms with Crippen LogP contribution in [-0.2, 0) is 11.3 Å². The van der Waals surface area contributed by atoms with E-state index in [1.54, 1.807) is 11.8 Å². The molecule has 0 spiro atoms. The lowest BCUT2D eigenvalue weighted by Gasteiger charge is -2.17. The van der Waals surface area contributed by atoms with Crippen molar-refractivity contribution in [1.82, 2.24) is 4.90 Å². The first-order valence-corrected chi connectivity index (χ1v) is 7.27. The number of rotatable bonds is 7. The molecule has 0 saturated carbocycles. The van der Waals surface area contributed by atoms with Gasteiger partial charge in [-0.15, -0.1) is 11.8 Å². The first-order valence-electron chi connectivity index (χ1n) is 6.05. The molecule has 0 aromatic heterocycles. The highest BCUT2D eigenvalue weighted by Gasteiger charge is 2.01. The Kier molecular flexibility index (Phi) is 6.63. The standard InChI is InChI=1S/C14H23NOS/c1-12(2)16-10-9-15(3)11-13-5-7-14(17-4)8-6-13/h5-8,12H,9-11H2,1-4H3. The minimum Gasteiger partial charge on any atom is -0.377 e. The minimum atomic E-state index is 0.323. The average molecular weight is 253 g/mol. The summed E-state index contributed by atoms with van der Waals surface area (Å²) in [4.78, 5) is 3.61. The zero-order valence-corrected chi connectivity index (χ0v) is 12.1. The molecule has 1 aromatic carbocycles. The maximum Gasteiger partial charge on any atom is 0.0596 e. The lowest BCUT2D eigenvalue weighted by atomic mass is 10.2. The molecule has 1 rings (SSSR count). The lowest BCUT2D eigenvalue weighted by molar-refractivity contribution is 0.0627. The number of nitrogens with zero attached hydrogens (tertiary/aromatic N) is 1. The SMILES string of the molecule is CSc1ccc(CN(C)CCOC(C)C)cc1. The molecular weight excluding hydrogens is 230 g/mol. The molecule has 0 fully saturated rings. The summed E-state index contributed by atoms with van der Waals surface area (Å²) in [7, 11) is 2.13. The lowest BCUT2D eigenvalue weighted by Crippen LogP contribution is -2.23. The molecule has 2 nitrogen and oxygen atoms in total. The van der Waals surface area contributed by atoms with Crippen molar-refractivity contribution in [3.05, 3.63) is 29.8 Å². The highest BCUT2D eigenvalue weighted by molar-refractivity contribution is 7.98. The fourth-order valence-electron chi connectivity index (χ4n) is 1.57. The molecule has 0 atom stereocenters. The van der Waals surface area contributed by atoms with Crippen molar-refractivity contribution in [3.8, 4) is 0 Å². The highest BCUT2D eigenvalue weighted by atomic mass is 32.2. The zero-order chi connectivity index (χ0) is 12.7. The van der Waals surface area contributed by atoms with E-state index in [0.29, 0.717) is 6.10 Å². The maximum atomic E-state index is 5.54. The van der Waals surface area contributed by atoms with Crippen LogP contribution in [0.1, 0.15) is 19.4 Å². The second-order valence-corrected chi connectivity index (χ2v) is 5.39. The van der Waals surface area contributed by atoms with Gasteiger partial charge < -0.3 is 4.74 Å². The summed E-state index contributed by atoms with van der Waals surface area (Å²) in [6.45, 7) is 6.90. The van der Waals surface area contributed by atoms with Gasteiger partial charge in [0.2, 0.25) is 0 Å². The van der Waals surface area contributed by atoms with Gasteiger partial charge in [-0.1, -0.05) is 12.1 Å². The second kappa shape index (κ2) is 7.75. The van der Waals surface area contributed by atoms with Crippen molar-refractivity contribution in [3.63, 3.8) is 0 Å². The van der Waals surface area contributed by atoms with Crippen molar-refractivity contribution >= 4 is 11.8 Å². The van der Waals surface area contributed by atoms with Crippen molar-refractivity contribution in [2.75, 3.05) is 26.5 Å². The summed E-state index contributed by atoms with van der Waals surface area (Å²) in [6, 6.07) is 8.76. The molecule has 0 saturated heterocycles. The summed E-state index contributed by atoms with van der Waals surface area (Å²) in [6.07, 6.45) is 2.42. The smallest absolute Gasteiger partial charge is 0.0596 e. The van der Waals surface area contributed by atoms with E-state index < -0.39 is 0 Å². The number of ether oxygens (including phenoxy) is 1. The third kappa shape index (κ3) is 6.10. The minimum absolute atomic E-state index is 0.323. The van der Waals surface area contributed by atoms with Crippen LogP contribution in [-0.4, -0.2) is 37.5 Å². The molecule has 1 aromatic rings. The van der Waals surface area contributed by atoms with E-state index in [2.05, 4.69) is 56.3 Å². The summed E-state index contributed by atoms with van der Waals surface area (Å²) in [5.74, 6) is 0. The Balaban J connectivity index is 2.31. The number of thioether (sulfide) groups is 1.